The van der Waals surface area contributed by atoms with Gasteiger partial charge in [-0.2, -0.15) is 0 Å². The molecule has 0 aliphatic heterocycles. The first-order valence-corrected chi connectivity index (χ1v) is 6.13. The summed E-state index contributed by atoms with van der Waals surface area (Å²) in [5, 5.41) is 12.9. The van der Waals surface area contributed by atoms with Gasteiger partial charge in [-0.3, -0.25) is 10.1 Å². The van der Waals surface area contributed by atoms with Gasteiger partial charge in [-0.15, -0.1) is 0 Å². The number of carboxylic acids is 1. The van der Waals surface area contributed by atoms with Crippen LogP contribution in [0.25, 0.3) is 0 Å². The lowest BCUT2D eigenvalue weighted by atomic mass is 10.2. The lowest BCUT2D eigenvalue weighted by molar-refractivity contribution is -0.143. The Morgan fingerprint density at radius 3 is 2.74 bits per heavy atom. The first-order chi connectivity index (χ1) is 9.08. The van der Waals surface area contributed by atoms with Gasteiger partial charge >= 0.3 is 12.0 Å². The molecule has 0 fully saturated rings. The van der Waals surface area contributed by atoms with Crippen molar-refractivity contribution in [1.29, 1.82) is 0 Å². The first-order valence-electron chi connectivity index (χ1n) is 6.13. The van der Waals surface area contributed by atoms with Crippen LogP contribution < -0.4 is 10.6 Å². The molecule has 19 heavy (non-hydrogen) atoms. The van der Waals surface area contributed by atoms with Crippen LogP contribution in [-0.2, 0) is 14.3 Å². The molecule has 0 atom stereocenters. The minimum absolute atomic E-state index is 0.453. The molecule has 0 heterocycles. The maximum Gasteiger partial charge on any atom is 0.329 e. The third kappa shape index (κ3) is 7.20. The molecule has 0 bridgehead atoms. The van der Waals surface area contributed by atoms with Gasteiger partial charge in [0.05, 0.1) is 0 Å². The highest BCUT2D eigenvalue weighted by molar-refractivity contribution is 5.94. The maximum atomic E-state index is 11.3. The third-order valence-electron chi connectivity index (χ3n) is 2.58. The van der Waals surface area contributed by atoms with Gasteiger partial charge in [0.1, 0.15) is 13.2 Å². The van der Waals surface area contributed by atoms with Crippen molar-refractivity contribution < 1.29 is 24.2 Å². The number of ether oxygens (including phenoxy) is 1. The molecule has 7 nitrogen and oxygen atoms in total. The normalized spacial score (nSPS) is 13.8. The van der Waals surface area contributed by atoms with Gasteiger partial charge in [0, 0.05) is 6.54 Å². The van der Waals surface area contributed by atoms with Crippen molar-refractivity contribution in [2.24, 2.45) is 0 Å². The highest BCUT2D eigenvalue weighted by Gasteiger charge is 2.09. The average molecular weight is 270 g/mol. The molecule has 0 saturated carbocycles. The Morgan fingerprint density at radius 1 is 1.32 bits per heavy atom. The molecule has 106 valence electrons. The summed E-state index contributed by atoms with van der Waals surface area (Å²) in [6.07, 6.45) is 6.30. The van der Waals surface area contributed by atoms with E-state index in [9.17, 15) is 14.4 Å². The number of allylic oxidation sites excluding steroid dienone is 1. The number of nitrogens with one attached hydrogen (secondary N) is 2. The van der Waals surface area contributed by atoms with Crippen LogP contribution in [0.2, 0.25) is 0 Å². The van der Waals surface area contributed by atoms with Crippen molar-refractivity contribution in [3.63, 3.8) is 0 Å². The molecule has 0 unspecified atom stereocenters. The zero-order valence-corrected chi connectivity index (χ0v) is 10.6. The summed E-state index contributed by atoms with van der Waals surface area (Å²) in [4.78, 5) is 32.6. The van der Waals surface area contributed by atoms with Crippen molar-refractivity contribution >= 4 is 17.9 Å². The number of imide groups is 1. The number of hydrogen-bond acceptors (Lipinski definition) is 4. The second-order valence-electron chi connectivity index (χ2n) is 4.20. The van der Waals surface area contributed by atoms with Gasteiger partial charge in [-0.25, -0.2) is 9.59 Å². The van der Waals surface area contributed by atoms with E-state index in [0.717, 1.165) is 19.3 Å². The average Bonchev–Trinajstić information content (AvgIpc) is 2.81. The molecule has 7 heteroatoms. The summed E-state index contributed by atoms with van der Waals surface area (Å²) in [5.41, 5.74) is 1.33. The molecule has 0 aromatic heterocycles. The lowest BCUT2D eigenvalue weighted by Crippen LogP contribution is -2.41. The highest BCUT2D eigenvalue weighted by Crippen LogP contribution is 2.19. The number of rotatable bonds is 7. The molecule has 0 radical (unpaired) electrons. The van der Waals surface area contributed by atoms with E-state index in [1.54, 1.807) is 0 Å². The standard InChI is InChI=1S/C12H18N2O5/c15-10(7-19-8-11(16)17)14-12(18)13-6-5-9-3-1-2-4-9/h3H,1-2,4-8H2,(H,16,17)(H2,13,14,15,18). The van der Waals surface area contributed by atoms with Crippen LogP contribution in [0.1, 0.15) is 25.7 Å². The lowest BCUT2D eigenvalue weighted by Gasteiger charge is -2.07. The summed E-state index contributed by atoms with van der Waals surface area (Å²) in [6, 6.07) is -0.595. The van der Waals surface area contributed by atoms with Crippen molar-refractivity contribution in [3.8, 4) is 0 Å². The fourth-order valence-corrected chi connectivity index (χ4v) is 1.74. The first kappa shape index (κ1) is 15.2. The summed E-state index contributed by atoms with van der Waals surface area (Å²) in [5.74, 6) is -1.83. The zero-order valence-electron chi connectivity index (χ0n) is 10.6. The Kier molecular flexibility index (Phi) is 6.59. The van der Waals surface area contributed by atoms with E-state index in [-0.39, 0.29) is 0 Å². The van der Waals surface area contributed by atoms with E-state index in [1.807, 2.05) is 0 Å². The van der Waals surface area contributed by atoms with Crippen LogP contribution in [0.5, 0.6) is 0 Å². The van der Waals surface area contributed by atoms with Crippen LogP contribution in [0.3, 0.4) is 0 Å². The SMILES string of the molecule is O=C(O)COCC(=O)NC(=O)NCCC1=CCCC1. The number of carboxylic acid groups (broad SMARTS) is 1. The molecule has 0 saturated heterocycles. The Bertz CT molecular complexity index is 378. The summed E-state index contributed by atoms with van der Waals surface area (Å²) in [7, 11) is 0. The van der Waals surface area contributed by atoms with E-state index in [2.05, 4.69) is 21.4 Å². The Balaban J connectivity index is 2.05. The minimum atomic E-state index is -1.16. The predicted octanol–water partition coefficient (Wildman–Crippen LogP) is 0.414. The quantitative estimate of drug-likeness (QED) is 0.581. The largest absolute Gasteiger partial charge is 0.480 e. The van der Waals surface area contributed by atoms with Gasteiger partial charge in [-0.1, -0.05) is 11.6 Å². The van der Waals surface area contributed by atoms with E-state index >= 15 is 0 Å². The van der Waals surface area contributed by atoms with Gasteiger partial charge in [0.25, 0.3) is 5.91 Å². The van der Waals surface area contributed by atoms with Crippen LogP contribution >= 0.6 is 0 Å². The molecule has 3 amide bonds. The maximum absolute atomic E-state index is 11.3. The van der Waals surface area contributed by atoms with Crippen molar-refractivity contribution in [2.75, 3.05) is 19.8 Å². The molecule has 0 aromatic rings. The van der Waals surface area contributed by atoms with Crippen LogP contribution in [0.4, 0.5) is 4.79 Å². The monoisotopic (exact) mass is 270 g/mol. The molecule has 1 aliphatic rings. The number of amides is 3. The topological polar surface area (TPSA) is 105 Å². The predicted molar refractivity (Wildman–Crippen MR) is 66.5 cm³/mol. The third-order valence-corrected chi connectivity index (χ3v) is 2.58. The number of carbonyl (C=O) groups is 3. The minimum Gasteiger partial charge on any atom is -0.480 e. The van der Waals surface area contributed by atoms with E-state index in [0.29, 0.717) is 6.54 Å². The smallest absolute Gasteiger partial charge is 0.329 e. The van der Waals surface area contributed by atoms with Crippen LogP contribution in [0, 0.1) is 0 Å². The van der Waals surface area contributed by atoms with E-state index in [4.69, 9.17) is 5.11 Å². The highest BCUT2D eigenvalue weighted by atomic mass is 16.5. The summed E-state index contributed by atoms with van der Waals surface area (Å²) >= 11 is 0. The summed E-state index contributed by atoms with van der Waals surface area (Å²) in [6.45, 7) is -0.547. The van der Waals surface area contributed by atoms with Gasteiger partial charge in [0.2, 0.25) is 0 Å². The second-order valence-corrected chi connectivity index (χ2v) is 4.20. The molecule has 1 rings (SSSR count). The van der Waals surface area contributed by atoms with Gasteiger partial charge < -0.3 is 15.2 Å². The molecule has 3 N–H and O–H groups in total. The second kappa shape index (κ2) is 8.25. The molecular formula is C12H18N2O5. The van der Waals surface area contributed by atoms with Crippen LogP contribution in [-0.4, -0.2) is 42.8 Å². The number of aliphatic carboxylic acids is 1. The van der Waals surface area contributed by atoms with E-state index < -0.39 is 31.1 Å². The molecule has 1 aliphatic carbocycles. The Labute approximate surface area is 111 Å². The molecular weight excluding hydrogens is 252 g/mol. The number of carbonyl (C=O) groups excluding carboxylic acids is 2. The Morgan fingerprint density at radius 2 is 2.11 bits per heavy atom. The molecule has 0 aromatic carbocycles. The van der Waals surface area contributed by atoms with Crippen molar-refractivity contribution in [1.82, 2.24) is 10.6 Å². The van der Waals surface area contributed by atoms with Crippen LogP contribution in [0.15, 0.2) is 11.6 Å². The van der Waals surface area contributed by atoms with Gasteiger partial charge in [-0.05, 0) is 25.7 Å². The van der Waals surface area contributed by atoms with Gasteiger partial charge in [0.15, 0.2) is 0 Å². The van der Waals surface area contributed by atoms with Crippen molar-refractivity contribution in [2.45, 2.75) is 25.7 Å². The number of hydrogen-bond donors (Lipinski definition) is 3. The fourth-order valence-electron chi connectivity index (χ4n) is 1.74. The fraction of sp³-hybridized carbons (Fsp3) is 0.583. The van der Waals surface area contributed by atoms with Crippen molar-refractivity contribution in [3.05, 3.63) is 11.6 Å². The van der Waals surface area contributed by atoms with E-state index in [1.165, 1.54) is 12.0 Å². The summed E-state index contributed by atoms with van der Waals surface area (Å²) < 4.78 is 4.54. The Hall–Kier alpha value is -1.89. The number of urea groups is 1. The zero-order chi connectivity index (χ0) is 14.1. The molecule has 0 spiro atoms.